The molecule has 1 rings (SSSR count). The van der Waals surface area contributed by atoms with E-state index in [1.165, 1.54) is 18.4 Å². The minimum Gasteiger partial charge on any atom is -0.444 e. The van der Waals surface area contributed by atoms with E-state index in [4.69, 9.17) is 4.74 Å². The van der Waals surface area contributed by atoms with Crippen molar-refractivity contribution in [2.75, 3.05) is 5.75 Å². The molecule has 0 aromatic heterocycles. The molecule has 0 heterocycles. The van der Waals surface area contributed by atoms with Crippen molar-refractivity contribution in [1.29, 1.82) is 0 Å². The zero-order chi connectivity index (χ0) is 20.2. The molecule has 0 saturated carbocycles. The van der Waals surface area contributed by atoms with Crippen LogP contribution in [0.1, 0.15) is 59.9 Å². The van der Waals surface area contributed by atoms with Crippen LogP contribution < -0.4 is 5.32 Å². The van der Waals surface area contributed by atoms with E-state index >= 15 is 0 Å². The largest absolute Gasteiger partial charge is 0.444 e. The molecule has 0 fully saturated rings. The highest BCUT2D eigenvalue weighted by Gasteiger charge is 2.24. The Hall–Kier alpha value is -1.20. The standard InChI is InChI=1S/C12H25NO3S.C9H12/c1-8(2)6-9(10(14)7-17)13-11(15)16-12(3,4)5;1-2-6-9-7-4-3-5-8-9/h8-10,14,17H,6-7H2,1-5H3,(H,13,15);3-5,7-8H,2,6H2,1H3. The Balaban J connectivity index is 0.000000577. The number of aryl methyl sites for hydroxylation is 1. The second-order valence-electron chi connectivity index (χ2n) is 7.87. The van der Waals surface area contributed by atoms with Gasteiger partial charge in [0.05, 0.1) is 12.1 Å². The molecule has 2 N–H and O–H groups in total. The Morgan fingerprint density at radius 3 is 2.23 bits per heavy atom. The quantitative estimate of drug-likeness (QED) is 0.590. The van der Waals surface area contributed by atoms with Crippen molar-refractivity contribution >= 4 is 18.7 Å². The predicted molar refractivity (Wildman–Crippen MR) is 113 cm³/mol. The molecule has 1 amide bonds. The lowest BCUT2D eigenvalue weighted by Crippen LogP contribution is -2.46. The third kappa shape index (κ3) is 13.1. The second-order valence-corrected chi connectivity index (χ2v) is 8.23. The maximum Gasteiger partial charge on any atom is 0.407 e. The van der Waals surface area contributed by atoms with Gasteiger partial charge >= 0.3 is 6.09 Å². The van der Waals surface area contributed by atoms with E-state index < -0.39 is 17.8 Å². The summed E-state index contributed by atoms with van der Waals surface area (Å²) in [6.07, 6.45) is 1.99. The average molecular weight is 384 g/mol. The number of ether oxygens (including phenoxy) is 1. The van der Waals surface area contributed by atoms with Crippen molar-refractivity contribution in [3.8, 4) is 0 Å². The number of alkyl carbamates (subject to hydrolysis) is 1. The van der Waals surface area contributed by atoms with Gasteiger partial charge in [-0.05, 0) is 45.1 Å². The molecule has 0 aliphatic heterocycles. The highest BCUT2D eigenvalue weighted by atomic mass is 32.1. The first-order chi connectivity index (χ1) is 12.1. The summed E-state index contributed by atoms with van der Waals surface area (Å²) in [5.74, 6) is 0.692. The van der Waals surface area contributed by atoms with Crippen LogP contribution >= 0.6 is 12.6 Å². The lowest BCUT2D eigenvalue weighted by atomic mass is 10.0. The van der Waals surface area contributed by atoms with Crippen molar-refractivity contribution in [3.63, 3.8) is 0 Å². The van der Waals surface area contributed by atoms with Crippen LogP contribution in [0.15, 0.2) is 30.3 Å². The molecule has 26 heavy (non-hydrogen) atoms. The summed E-state index contributed by atoms with van der Waals surface area (Å²) in [5.41, 5.74) is 0.915. The van der Waals surface area contributed by atoms with Crippen LogP contribution in [0.25, 0.3) is 0 Å². The van der Waals surface area contributed by atoms with Crippen LogP contribution in [0.3, 0.4) is 0 Å². The van der Waals surface area contributed by atoms with Gasteiger partial charge in [-0.25, -0.2) is 4.79 Å². The van der Waals surface area contributed by atoms with Crippen LogP contribution in [0, 0.1) is 5.92 Å². The smallest absolute Gasteiger partial charge is 0.407 e. The molecule has 0 bridgehead atoms. The molecule has 0 radical (unpaired) electrons. The van der Waals surface area contributed by atoms with Crippen LogP contribution in [-0.2, 0) is 11.2 Å². The first-order valence-electron chi connectivity index (χ1n) is 9.41. The summed E-state index contributed by atoms with van der Waals surface area (Å²) in [7, 11) is 0. The van der Waals surface area contributed by atoms with Crippen LogP contribution in [0.5, 0.6) is 0 Å². The zero-order valence-electron chi connectivity index (χ0n) is 17.2. The molecular formula is C21H37NO3S. The Kier molecular flexibility index (Phi) is 12.4. The van der Waals surface area contributed by atoms with Crippen LogP contribution in [0.2, 0.25) is 0 Å². The second kappa shape index (κ2) is 13.0. The Morgan fingerprint density at radius 2 is 1.81 bits per heavy atom. The van der Waals surface area contributed by atoms with Gasteiger partial charge in [0.1, 0.15) is 5.60 Å². The van der Waals surface area contributed by atoms with E-state index in [2.05, 4.69) is 55.2 Å². The summed E-state index contributed by atoms with van der Waals surface area (Å²) in [6.45, 7) is 11.7. The summed E-state index contributed by atoms with van der Waals surface area (Å²) in [6, 6.07) is 10.3. The van der Waals surface area contributed by atoms with Crippen LogP contribution in [0.4, 0.5) is 4.79 Å². The Bertz CT molecular complexity index is 486. The fraction of sp³-hybridized carbons (Fsp3) is 0.667. The number of hydrogen-bond donors (Lipinski definition) is 3. The molecule has 5 heteroatoms. The first-order valence-corrected chi connectivity index (χ1v) is 10.0. The van der Waals surface area contributed by atoms with Crippen molar-refractivity contribution < 1.29 is 14.6 Å². The number of benzene rings is 1. The third-order valence-electron chi connectivity index (χ3n) is 3.46. The molecular weight excluding hydrogens is 346 g/mol. The van der Waals surface area contributed by atoms with Gasteiger partial charge in [0.15, 0.2) is 0 Å². The molecule has 0 aliphatic carbocycles. The Morgan fingerprint density at radius 1 is 1.23 bits per heavy atom. The maximum absolute atomic E-state index is 11.6. The highest BCUT2D eigenvalue weighted by molar-refractivity contribution is 7.80. The summed E-state index contributed by atoms with van der Waals surface area (Å²) >= 11 is 4.04. The fourth-order valence-electron chi connectivity index (χ4n) is 2.34. The topological polar surface area (TPSA) is 58.6 Å². The predicted octanol–water partition coefficient (Wildman–Crippen LogP) is 4.86. The van der Waals surface area contributed by atoms with Crippen LogP contribution in [-0.4, -0.2) is 34.7 Å². The molecule has 4 nitrogen and oxygen atoms in total. The molecule has 1 aromatic rings. The van der Waals surface area contributed by atoms with E-state index in [-0.39, 0.29) is 6.04 Å². The van der Waals surface area contributed by atoms with E-state index in [0.717, 1.165) is 0 Å². The molecule has 2 atom stereocenters. The van der Waals surface area contributed by atoms with Gasteiger partial charge in [-0.2, -0.15) is 12.6 Å². The molecule has 0 aliphatic rings. The number of aliphatic hydroxyl groups is 1. The monoisotopic (exact) mass is 383 g/mol. The normalized spacial score (nSPS) is 13.4. The van der Waals surface area contributed by atoms with E-state index in [0.29, 0.717) is 18.1 Å². The number of carbonyl (C=O) groups is 1. The number of nitrogens with one attached hydrogen (secondary N) is 1. The summed E-state index contributed by atoms with van der Waals surface area (Å²) < 4.78 is 5.16. The summed E-state index contributed by atoms with van der Waals surface area (Å²) in [5, 5.41) is 12.5. The minimum atomic E-state index is -0.659. The van der Waals surface area contributed by atoms with Gasteiger partial charge in [-0.3, -0.25) is 0 Å². The third-order valence-corrected chi connectivity index (χ3v) is 3.83. The number of thiol groups is 1. The minimum absolute atomic E-state index is 0.313. The maximum atomic E-state index is 11.6. The van der Waals surface area contributed by atoms with E-state index in [1.807, 2.05) is 13.8 Å². The van der Waals surface area contributed by atoms with Crippen molar-refractivity contribution in [3.05, 3.63) is 35.9 Å². The Labute approximate surface area is 165 Å². The first kappa shape index (κ1) is 24.8. The number of rotatable bonds is 7. The van der Waals surface area contributed by atoms with Gasteiger partial charge in [0.2, 0.25) is 0 Å². The highest BCUT2D eigenvalue weighted by Crippen LogP contribution is 2.12. The van der Waals surface area contributed by atoms with Crippen molar-refractivity contribution in [2.24, 2.45) is 5.92 Å². The fourth-order valence-corrected chi connectivity index (χ4v) is 2.59. The molecule has 150 valence electrons. The van der Waals surface area contributed by atoms with Gasteiger partial charge < -0.3 is 15.2 Å². The number of carbonyl (C=O) groups excluding carboxylic acids is 1. The lowest BCUT2D eigenvalue weighted by molar-refractivity contribution is 0.0426. The van der Waals surface area contributed by atoms with E-state index in [9.17, 15) is 9.90 Å². The zero-order valence-corrected chi connectivity index (χ0v) is 18.1. The average Bonchev–Trinajstić information content (AvgIpc) is 2.53. The molecule has 0 spiro atoms. The SMILES string of the molecule is CC(C)CC(NC(=O)OC(C)(C)C)C(O)CS.CCCc1ccccc1. The van der Waals surface area contributed by atoms with Gasteiger partial charge in [0, 0.05) is 5.75 Å². The number of aliphatic hydroxyl groups excluding tert-OH is 1. The molecule has 1 aromatic carbocycles. The van der Waals surface area contributed by atoms with Gasteiger partial charge in [0.25, 0.3) is 0 Å². The lowest BCUT2D eigenvalue weighted by Gasteiger charge is -2.27. The van der Waals surface area contributed by atoms with Crippen molar-refractivity contribution in [1.82, 2.24) is 5.32 Å². The number of amides is 1. The van der Waals surface area contributed by atoms with E-state index in [1.54, 1.807) is 20.8 Å². The van der Waals surface area contributed by atoms with Gasteiger partial charge in [-0.1, -0.05) is 57.5 Å². The molecule has 2 unspecified atom stereocenters. The van der Waals surface area contributed by atoms with Crippen molar-refractivity contribution in [2.45, 2.75) is 78.6 Å². The number of hydrogen-bond acceptors (Lipinski definition) is 4. The summed E-state index contributed by atoms with van der Waals surface area (Å²) in [4.78, 5) is 11.6. The molecule has 0 saturated heterocycles. The van der Waals surface area contributed by atoms with Gasteiger partial charge in [-0.15, -0.1) is 0 Å².